The monoisotopic (exact) mass is 219 g/mol. The Bertz CT molecular complexity index is 349. The third-order valence-corrected chi connectivity index (χ3v) is 3.27. The van der Waals surface area contributed by atoms with Crippen LogP contribution >= 0.6 is 0 Å². The smallest absolute Gasteiger partial charge is 0.128 e. The average molecular weight is 219 g/mol. The molecule has 0 spiro atoms. The number of rotatable bonds is 3. The lowest BCUT2D eigenvalue weighted by Crippen LogP contribution is -2.29. The molecule has 3 heteroatoms. The molecule has 1 aromatic heterocycles. The van der Waals surface area contributed by atoms with Crippen LogP contribution in [0.5, 0.6) is 0 Å². The lowest BCUT2D eigenvalue weighted by Gasteiger charge is -2.18. The van der Waals surface area contributed by atoms with Crippen LogP contribution in [-0.2, 0) is 0 Å². The van der Waals surface area contributed by atoms with Gasteiger partial charge in [0.25, 0.3) is 0 Å². The van der Waals surface area contributed by atoms with Gasteiger partial charge in [0.05, 0.1) is 0 Å². The molecular weight excluding hydrogens is 198 g/mol. The molecule has 1 unspecified atom stereocenters. The predicted octanol–water partition coefficient (Wildman–Crippen LogP) is 2.00. The summed E-state index contributed by atoms with van der Waals surface area (Å²) in [6, 6.07) is 6.96. The van der Waals surface area contributed by atoms with Crippen LogP contribution in [0.25, 0.3) is 0 Å². The van der Waals surface area contributed by atoms with Crippen molar-refractivity contribution in [2.45, 2.75) is 32.2 Å². The van der Waals surface area contributed by atoms with E-state index in [0.717, 1.165) is 18.9 Å². The van der Waals surface area contributed by atoms with Gasteiger partial charge in [0.15, 0.2) is 0 Å². The fraction of sp³-hybridized carbons (Fsp3) is 0.615. The number of pyridine rings is 1. The predicted molar refractivity (Wildman–Crippen MR) is 68.0 cm³/mol. The highest BCUT2D eigenvalue weighted by Gasteiger charge is 2.22. The van der Waals surface area contributed by atoms with Crippen molar-refractivity contribution in [1.82, 2.24) is 10.3 Å². The molecule has 1 saturated heterocycles. The molecule has 1 aliphatic rings. The number of nitrogens with one attached hydrogen (secondary N) is 1. The van der Waals surface area contributed by atoms with Crippen molar-refractivity contribution in [3.63, 3.8) is 0 Å². The summed E-state index contributed by atoms with van der Waals surface area (Å²) < 4.78 is 0. The SMILES string of the molecule is CNC1CCN(c2cccc(C(C)C)n2)C1. The van der Waals surface area contributed by atoms with Crippen molar-refractivity contribution in [3.8, 4) is 0 Å². The number of aromatic nitrogens is 1. The summed E-state index contributed by atoms with van der Waals surface area (Å²) >= 11 is 0. The third kappa shape index (κ3) is 2.35. The molecule has 1 aromatic rings. The van der Waals surface area contributed by atoms with E-state index in [1.165, 1.54) is 12.1 Å². The van der Waals surface area contributed by atoms with Crippen molar-refractivity contribution in [2.75, 3.05) is 25.0 Å². The van der Waals surface area contributed by atoms with Crippen LogP contribution in [0.1, 0.15) is 31.9 Å². The van der Waals surface area contributed by atoms with Gasteiger partial charge in [-0.1, -0.05) is 19.9 Å². The third-order valence-electron chi connectivity index (χ3n) is 3.27. The van der Waals surface area contributed by atoms with Gasteiger partial charge in [-0.15, -0.1) is 0 Å². The number of anilines is 1. The molecule has 0 aromatic carbocycles. The lowest BCUT2D eigenvalue weighted by molar-refractivity contribution is 0.616. The minimum Gasteiger partial charge on any atom is -0.355 e. The second-order valence-electron chi connectivity index (χ2n) is 4.80. The van der Waals surface area contributed by atoms with E-state index in [1.54, 1.807) is 0 Å². The number of likely N-dealkylation sites (N-methyl/N-ethyl adjacent to an activating group) is 1. The fourth-order valence-electron chi connectivity index (χ4n) is 2.14. The zero-order valence-electron chi connectivity index (χ0n) is 10.4. The van der Waals surface area contributed by atoms with E-state index in [4.69, 9.17) is 4.98 Å². The first-order valence-corrected chi connectivity index (χ1v) is 6.10. The van der Waals surface area contributed by atoms with E-state index >= 15 is 0 Å². The Balaban J connectivity index is 2.12. The van der Waals surface area contributed by atoms with Crippen LogP contribution in [0.15, 0.2) is 18.2 Å². The molecule has 3 nitrogen and oxygen atoms in total. The highest BCUT2D eigenvalue weighted by atomic mass is 15.2. The fourth-order valence-corrected chi connectivity index (χ4v) is 2.14. The lowest BCUT2D eigenvalue weighted by atomic mass is 10.1. The van der Waals surface area contributed by atoms with Crippen molar-refractivity contribution in [2.24, 2.45) is 0 Å². The van der Waals surface area contributed by atoms with Crippen LogP contribution in [0.3, 0.4) is 0 Å². The van der Waals surface area contributed by atoms with Gasteiger partial charge in [0.1, 0.15) is 5.82 Å². The maximum absolute atomic E-state index is 4.72. The summed E-state index contributed by atoms with van der Waals surface area (Å²) in [6.45, 7) is 6.56. The van der Waals surface area contributed by atoms with Gasteiger partial charge in [-0.3, -0.25) is 0 Å². The average Bonchev–Trinajstić information content (AvgIpc) is 2.77. The molecule has 0 amide bonds. The normalized spacial score (nSPS) is 20.8. The van der Waals surface area contributed by atoms with Gasteiger partial charge < -0.3 is 10.2 Å². The maximum Gasteiger partial charge on any atom is 0.128 e. The summed E-state index contributed by atoms with van der Waals surface area (Å²) in [5, 5.41) is 3.33. The van der Waals surface area contributed by atoms with Crippen molar-refractivity contribution < 1.29 is 0 Å². The molecule has 1 fully saturated rings. The number of nitrogens with zero attached hydrogens (tertiary/aromatic N) is 2. The Morgan fingerprint density at radius 2 is 2.25 bits per heavy atom. The summed E-state index contributed by atoms with van der Waals surface area (Å²) in [4.78, 5) is 7.09. The van der Waals surface area contributed by atoms with Crippen LogP contribution in [0, 0.1) is 0 Å². The molecule has 1 N–H and O–H groups in total. The highest BCUT2D eigenvalue weighted by molar-refractivity contribution is 5.41. The van der Waals surface area contributed by atoms with Crippen molar-refractivity contribution in [1.29, 1.82) is 0 Å². The number of hydrogen-bond donors (Lipinski definition) is 1. The quantitative estimate of drug-likeness (QED) is 0.843. The Hall–Kier alpha value is -1.09. The van der Waals surface area contributed by atoms with Gasteiger partial charge in [-0.05, 0) is 31.5 Å². The molecule has 0 aliphatic carbocycles. The highest BCUT2D eigenvalue weighted by Crippen LogP contribution is 2.20. The summed E-state index contributed by atoms with van der Waals surface area (Å²) in [6.07, 6.45) is 1.21. The van der Waals surface area contributed by atoms with E-state index in [9.17, 15) is 0 Å². The Labute approximate surface area is 97.9 Å². The first kappa shape index (κ1) is 11.4. The Morgan fingerprint density at radius 1 is 1.44 bits per heavy atom. The molecule has 16 heavy (non-hydrogen) atoms. The second-order valence-corrected chi connectivity index (χ2v) is 4.80. The first-order valence-electron chi connectivity index (χ1n) is 6.10. The van der Waals surface area contributed by atoms with Gasteiger partial charge in [0.2, 0.25) is 0 Å². The summed E-state index contributed by atoms with van der Waals surface area (Å²) in [7, 11) is 2.03. The number of hydrogen-bond acceptors (Lipinski definition) is 3. The van der Waals surface area contributed by atoms with E-state index in [0.29, 0.717) is 12.0 Å². The first-order chi connectivity index (χ1) is 7.70. The van der Waals surface area contributed by atoms with Gasteiger partial charge in [-0.2, -0.15) is 0 Å². The topological polar surface area (TPSA) is 28.2 Å². The Morgan fingerprint density at radius 3 is 2.88 bits per heavy atom. The van der Waals surface area contributed by atoms with Crippen molar-refractivity contribution in [3.05, 3.63) is 23.9 Å². The van der Waals surface area contributed by atoms with Crippen molar-refractivity contribution >= 4 is 5.82 Å². The van der Waals surface area contributed by atoms with Crippen LogP contribution in [0.2, 0.25) is 0 Å². The molecule has 0 bridgehead atoms. The minimum atomic E-state index is 0.502. The van der Waals surface area contributed by atoms with E-state index in [1.807, 2.05) is 7.05 Å². The van der Waals surface area contributed by atoms with Gasteiger partial charge >= 0.3 is 0 Å². The van der Waals surface area contributed by atoms with E-state index in [2.05, 4.69) is 42.3 Å². The zero-order chi connectivity index (χ0) is 11.5. The summed E-state index contributed by atoms with van der Waals surface area (Å²) in [5.74, 6) is 1.63. The van der Waals surface area contributed by atoms with Crippen LogP contribution in [-0.4, -0.2) is 31.2 Å². The van der Waals surface area contributed by atoms with Gasteiger partial charge in [-0.25, -0.2) is 4.98 Å². The Kier molecular flexibility index (Phi) is 3.44. The van der Waals surface area contributed by atoms with Crippen LogP contribution < -0.4 is 10.2 Å². The molecular formula is C13H21N3. The molecule has 1 aliphatic heterocycles. The van der Waals surface area contributed by atoms with Crippen LogP contribution in [0.4, 0.5) is 5.82 Å². The molecule has 88 valence electrons. The molecule has 1 atom stereocenters. The maximum atomic E-state index is 4.72. The standard InChI is InChI=1S/C13H21N3/c1-10(2)12-5-4-6-13(15-12)16-8-7-11(9-16)14-3/h4-6,10-11,14H,7-9H2,1-3H3. The minimum absolute atomic E-state index is 0.502. The molecule has 0 saturated carbocycles. The molecule has 2 rings (SSSR count). The largest absolute Gasteiger partial charge is 0.355 e. The van der Waals surface area contributed by atoms with Gasteiger partial charge in [0, 0.05) is 24.8 Å². The zero-order valence-corrected chi connectivity index (χ0v) is 10.4. The molecule has 0 radical (unpaired) electrons. The molecule has 2 heterocycles. The van der Waals surface area contributed by atoms with E-state index < -0.39 is 0 Å². The second kappa shape index (κ2) is 4.83. The summed E-state index contributed by atoms with van der Waals surface area (Å²) in [5.41, 5.74) is 1.19. The van der Waals surface area contributed by atoms with E-state index in [-0.39, 0.29) is 0 Å².